The number of halogens is 2. The molecule has 10 nitrogen and oxygen atoms in total. The number of ether oxygens (including phenoxy) is 4. The summed E-state index contributed by atoms with van der Waals surface area (Å²) < 4.78 is 36.5. The van der Waals surface area contributed by atoms with Gasteiger partial charge >= 0.3 is 0 Å². The summed E-state index contributed by atoms with van der Waals surface area (Å²) in [4.78, 5) is 19.8. The van der Waals surface area contributed by atoms with Gasteiger partial charge in [-0.1, -0.05) is 29.8 Å². The summed E-state index contributed by atoms with van der Waals surface area (Å²) in [6.07, 6.45) is 5.37. The Morgan fingerprint density at radius 3 is 2.77 bits per heavy atom. The van der Waals surface area contributed by atoms with Gasteiger partial charge in [-0.25, -0.2) is 4.39 Å². The summed E-state index contributed by atoms with van der Waals surface area (Å²) in [5.74, 6) is 0.216. The van der Waals surface area contributed by atoms with Crippen LogP contribution >= 0.6 is 11.6 Å². The Bertz CT molecular complexity index is 1820. The highest BCUT2D eigenvalue weighted by atomic mass is 35.5. The summed E-state index contributed by atoms with van der Waals surface area (Å²) in [5.41, 5.74) is 3.03. The lowest BCUT2D eigenvalue weighted by molar-refractivity contribution is -0.111. The summed E-state index contributed by atoms with van der Waals surface area (Å²) >= 11 is 6.55. The third-order valence-electron chi connectivity index (χ3n) is 7.75. The van der Waals surface area contributed by atoms with Gasteiger partial charge in [-0.05, 0) is 42.0 Å². The maximum atomic E-state index is 13.6. The molecule has 0 aliphatic carbocycles. The van der Waals surface area contributed by atoms with Crippen molar-refractivity contribution in [3.63, 3.8) is 0 Å². The fraction of sp³-hybridized carbons (Fsp3) is 0.286. The predicted octanol–water partition coefficient (Wildman–Crippen LogP) is 6.22. The van der Waals surface area contributed by atoms with Crippen molar-refractivity contribution in [1.29, 1.82) is 5.26 Å². The van der Waals surface area contributed by atoms with E-state index in [2.05, 4.69) is 26.6 Å². The number of carbonyl (C=O) groups excluding carboxylic acids is 1. The number of pyridine rings is 1. The van der Waals surface area contributed by atoms with Gasteiger partial charge < -0.3 is 29.6 Å². The average Bonchev–Trinajstić information content (AvgIpc) is 3.59. The quantitative estimate of drug-likeness (QED) is 0.181. The number of hydrogen-bond acceptors (Lipinski definition) is 9. The van der Waals surface area contributed by atoms with E-state index < -0.39 is 0 Å². The SMILES string of the molecule is N#Cc1cnc2cc(OC3CCOC3)c(NC(=O)/C=C/CN3CCOCC3)cc2c1Nc1ccc(OCc2cccc(F)c2)c(Cl)c1. The zero-order chi connectivity index (χ0) is 32.6. The highest BCUT2D eigenvalue weighted by Gasteiger charge is 2.21. The van der Waals surface area contributed by atoms with E-state index in [-0.39, 0.29) is 24.4 Å². The number of nitrogens with zero attached hydrogens (tertiary/aromatic N) is 3. The van der Waals surface area contributed by atoms with Crippen molar-refractivity contribution in [2.24, 2.45) is 0 Å². The molecule has 4 aromatic rings. The average molecular weight is 658 g/mol. The maximum Gasteiger partial charge on any atom is 0.248 e. The van der Waals surface area contributed by atoms with Crippen LogP contribution in [0.5, 0.6) is 11.5 Å². The molecular weight excluding hydrogens is 625 g/mol. The number of aromatic nitrogens is 1. The minimum atomic E-state index is -0.344. The van der Waals surface area contributed by atoms with Crippen LogP contribution in [-0.2, 0) is 20.9 Å². The Labute approximate surface area is 276 Å². The van der Waals surface area contributed by atoms with Crippen molar-refractivity contribution >= 4 is 45.5 Å². The van der Waals surface area contributed by atoms with Gasteiger partial charge in [0.15, 0.2) is 0 Å². The number of fused-ring (bicyclic) bond motifs is 1. The molecule has 0 saturated carbocycles. The smallest absolute Gasteiger partial charge is 0.248 e. The normalized spacial score (nSPS) is 16.7. The summed E-state index contributed by atoms with van der Waals surface area (Å²) in [7, 11) is 0. The van der Waals surface area contributed by atoms with E-state index in [1.54, 1.807) is 42.5 Å². The Morgan fingerprint density at radius 1 is 1.13 bits per heavy atom. The molecule has 2 fully saturated rings. The predicted molar refractivity (Wildman–Crippen MR) is 177 cm³/mol. The minimum Gasteiger partial charge on any atom is -0.487 e. The molecule has 0 spiro atoms. The van der Waals surface area contributed by atoms with Gasteiger partial charge in [-0.3, -0.25) is 14.7 Å². The number of benzene rings is 3. The third-order valence-corrected chi connectivity index (χ3v) is 8.05. The monoisotopic (exact) mass is 657 g/mol. The Balaban J connectivity index is 1.26. The number of carbonyl (C=O) groups is 1. The molecule has 1 aromatic heterocycles. The first-order valence-electron chi connectivity index (χ1n) is 15.3. The number of anilines is 3. The van der Waals surface area contributed by atoms with Gasteiger partial charge in [-0.15, -0.1) is 0 Å². The molecule has 2 aliphatic rings. The number of hydrogen-bond donors (Lipinski definition) is 2. The first-order chi connectivity index (χ1) is 22.9. The van der Waals surface area contributed by atoms with Crippen LogP contribution in [0.15, 0.2) is 72.9 Å². The molecular formula is C35H33ClFN5O5. The van der Waals surface area contributed by atoms with Crippen molar-refractivity contribution < 1.29 is 28.1 Å². The van der Waals surface area contributed by atoms with Gasteiger partial charge in [0.25, 0.3) is 0 Å². The van der Waals surface area contributed by atoms with Gasteiger partial charge in [0.2, 0.25) is 5.91 Å². The van der Waals surface area contributed by atoms with Gasteiger partial charge in [0.1, 0.15) is 36.1 Å². The molecule has 2 aliphatic heterocycles. The highest BCUT2D eigenvalue weighted by Crippen LogP contribution is 2.38. The summed E-state index contributed by atoms with van der Waals surface area (Å²) in [6.45, 7) is 4.82. The minimum absolute atomic E-state index is 0.145. The van der Waals surface area contributed by atoms with Crippen LogP contribution in [0.2, 0.25) is 5.02 Å². The van der Waals surface area contributed by atoms with Gasteiger partial charge in [0, 0.05) is 55.5 Å². The molecule has 47 heavy (non-hydrogen) atoms. The Hall–Kier alpha value is -4.73. The van der Waals surface area contributed by atoms with Gasteiger partial charge in [0.05, 0.1) is 53.9 Å². The van der Waals surface area contributed by atoms with E-state index in [0.717, 1.165) is 19.5 Å². The zero-order valence-electron chi connectivity index (χ0n) is 25.5. The molecule has 3 aromatic carbocycles. The van der Waals surface area contributed by atoms with Crippen LogP contribution in [0.3, 0.4) is 0 Å². The lowest BCUT2D eigenvalue weighted by Crippen LogP contribution is -2.36. The van der Waals surface area contributed by atoms with Crippen LogP contribution in [0, 0.1) is 17.1 Å². The molecule has 1 atom stereocenters. The lowest BCUT2D eigenvalue weighted by Gasteiger charge is -2.25. The second-order valence-electron chi connectivity index (χ2n) is 11.1. The molecule has 1 amide bonds. The molecule has 3 heterocycles. The first kappa shape index (κ1) is 32.2. The Kier molecular flexibility index (Phi) is 10.4. The number of nitrogens with one attached hydrogen (secondary N) is 2. The van der Waals surface area contributed by atoms with Crippen molar-refractivity contribution in [1.82, 2.24) is 9.88 Å². The maximum absolute atomic E-state index is 13.6. The lowest BCUT2D eigenvalue weighted by atomic mass is 10.1. The second-order valence-corrected chi connectivity index (χ2v) is 11.5. The van der Waals surface area contributed by atoms with Crippen LogP contribution < -0.4 is 20.1 Å². The van der Waals surface area contributed by atoms with Gasteiger partial charge in [-0.2, -0.15) is 5.26 Å². The summed E-state index contributed by atoms with van der Waals surface area (Å²) in [5, 5.41) is 17.2. The van der Waals surface area contributed by atoms with Crippen LogP contribution in [0.25, 0.3) is 10.9 Å². The standard InChI is InChI=1S/C35H33ClFN5O5/c36-29-16-26(6-7-32(29)46-21-23-3-1-4-25(37)15-23)40-35-24(19-38)20-39-30-18-33(47-27-8-12-45-22-27)31(17-28(30)35)41-34(43)5-2-9-42-10-13-44-14-11-42/h1-7,15-18,20,27H,8-14,21-22H2,(H,39,40)(H,41,43)/b5-2+. The fourth-order valence-corrected chi connectivity index (χ4v) is 5.55. The molecule has 6 rings (SSSR count). The van der Waals surface area contributed by atoms with E-state index >= 15 is 0 Å². The molecule has 0 radical (unpaired) electrons. The fourth-order valence-electron chi connectivity index (χ4n) is 5.31. The van der Waals surface area contributed by atoms with E-state index in [9.17, 15) is 14.4 Å². The van der Waals surface area contributed by atoms with Crippen molar-refractivity contribution in [3.05, 3.63) is 94.9 Å². The topological polar surface area (TPSA) is 118 Å². The Morgan fingerprint density at radius 2 is 2.00 bits per heavy atom. The molecule has 242 valence electrons. The van der Waals surface area contributed by atoms with E-state index in [1.165, 1.54) is 24.4 Å². The van der Waals surface area contributed by atoms with E-state index in [1.807, 2.05) is 6.08 Å². The number of amides is 1. The van der Waals surface area contributed by atoms with Crippen molar-refractivity contribution in [2.75, 3.05) is 56.7 Å². The van der Waals surface area contributed by atoms with Crippen molar-refractivity contribution in [3.8, 4) is 17.6 Å². The van der Waals surface area contributed by atoms with E-state index in [0.29, 0.717) is 88.6 Å². The van der Waals surface area contributed by atoms with Crippen LogP contribution in [-0.4, -0.2) is 68.0 Å². The third kappa shape index (κ3) is 8.36. The van der Waals surface area contributed by atoms with Crippen LogP contribution in [0.4, 0.5) is 21.5 Å². The van der Waals surface area contributed by atoms with E-state index in [4.69, 9.17) is 30.5 Å². The number of nitriles is 1. The highest BCUT2D eigenvalue weighted by molar-refractivity contribution is 6.32. The van der Waals surface area contributed by atoms with Crippen molar-refractivity contribution in [2.45, 2.75) is 19.1 Å². The van der Waals surface area contributed by atoms with Crippen LogP contribution in [0.1, 0.15) is 17.5 Å². The molecule has 2 saturated heterocycles. The zero-order valence-corrected chi connectivity index (χ0v) is 26.3. The summed E-state index contributed by atoms with van der Waals surface area (Å²) in [6, 6.07) is 17.0. The molecule has 1 unspecified atom stereocenters. The largest absolute Gasteiger partial charge is 0.487 e. The first-order valence-corrected chi connectivity index (χ1v) is 15.7. The number of morpholine rings is 1. The molecule has 0 bridgehead atoms. The second kappa shape index (κ2) is 15.2. The number of rotatable bonds is 11. The molecule has 12 heteroatoms. The molecule has 2 N–H and O–H groups in total.